The Labute approximate surface area is 102 Å². The molecule has 0 amide bonds. The standard InChI is InChI=1S/C14H20N2O/c1-15-14(7-8-14)13(16-9-4-10-16)11-5-2-3-6-12(11)17/h2-3,5-6,13,15,17H,4,7-10H2,1H3. The van der Waals surface area contributed by atoms with Crippen molar-refractivity contribution in [3.05, 3.63) is 29.8 Å². The molecule has 0 radical (unpaired) electrons. The van der Waals surface area contributed by atoms with Gasteiger partial charge in [-0.3, -0.25) is 4.90 Å². The Morgan fingerprint density at radius 3 is 2.47 bits per heavy atom. The summed E-state index contributed by atoms with van der Waals surface area (Å²) in [7, 11) is 2.04. The van der Waals surface area contributed by atoms with E-state index in [2.05, 4.69) is 16.3 Å². The molecule has 1 atom stereocenters. The Kier molecular flexibility index (Phi) is 2.60. The fourth-order valence-electron chi connectivity index (χ4n) is 2.96. The minimum atomic E-state index is 0.194. The van der Waals surface area contributed by atoms with Crippen LogP contribution in [0.1, 0.15) is 30.9 Å². The quantitative estimate of drug-likeness (QED) is 0.832. The second kappa shape index (κ2) is 4.00. The third-order valence-electron chi connectivity index (χ3n) is 4.30. The van der Waals surface area contributed by atoms with Crippen molar-refractivity contribution in [2.75, 3.05) is 20.1 Å². The molecule has 2 fully saturated rings. The van der Waals surface area contributed by atoms with Crippen LogP contribution in [0.25, 0.3) is 0 Å². The molecule has 2 N–H and O–H groups in total. The van der Waals surface area contributed by atoms with Crippen LogP contribution in [0, 0.1) is 0 Å². The van der Waals surface area contributed by atoms with Gasteiger partial charge in [0.05, 0.1) is 6.04 Å². The van der Waals surface area contributed by atoms with E-state index in [0.29, 0.717) is 11.8 Å². The highest BCUT2D eigenvalue weighted by molar-refractivity contribution is 5.38. The number of hydrogen-bond acceptors (Lipinski definition) is 3. The van der Waals surface area contributed by atoms with Gasteiger partial charge in [-0.1, -0.05) is 18.2 Å². The fourth-order valence-corrected chi connectivity index (χ4v) is 2.96. The van der Waals surface area contributed by atoms with Gasteiger partial charge < -0.3 is 10.4 Å². The second-order valence-corrected chi connectivity index (χ2v) is 5.26. The zero-order chi connectivity index (χ0) is 11.9. The molecule has 3 nitrogen and oxygen atoms in total. The zero-order valence-electron chi connectivity index (χ0n) is 10.3. The number of benzene rings is 1. The predicted octanol–water partition coefficient (Wildman–Crippen LogP) is 1.89. The largest absolute Gasteiger partial charge is 0.508 e. The Hall–Kier alpha value is -1.06. The van der Waals surface area contributed by atoms with Gasteiger partial charge in [0, 0.05) is 24.2 Å². The molecule has 2 aliphatic rings. The van der Waals surface area contributed by atoms with Gasteiger partial charge in [0.25, 0.3) is 0 Å². The zero-order valence-corrected chi connectivity index (χ0v) is 10.3. The van der Waals surface area contributed by atoms with Gasteiger partial charge in [0.1, 0.15) is 5.75 Å². The van der Waals surface area contributed by atoms with Crippen molar-refractivity contribution in [3.63, 3.8) is 0 Å². The Morgan fingerprint density at radius 2 is 2.00 bits per heavy atom. The molecular weight excluding hydrogens is 212 g/mol. The number of para-hydroxylation sites is 1. The minimum Gasteiger partial charge on any atom is -0.508 e. The number of aromatic hydroxyl groups is 1. The average molecular weight is 232 g/mol. The number of nitrogens with zero attached hydrogens (tertiary/aromatic N) is 1. The number of hydrogen-bond donors (Lipinski definition) is 2. The van der Waals surface area contributed by atoms with E-state index in [1.165, 1.54) is 19.3 Å². The molecule has 1 unspecified atom stereocenters. The molecule has 1 aromatic rings. The molecule has 1 heterocycles. The third kappa shape index (κ3) is 1.74. The lowest BCUT2D eigenvalue weighted by molar-refractivity contribution is 0.0824. The van der Waals surface area contributed by atoms with E-state index in [0.717, 1.165) is 18.7 Å². The summed E-state index contributed by atoms with van der Waals surface area (Å²) in [5.41, 5.74) is 1.28. The molecule has 1 aliphatic heterocycles. The first-order valence-corrected chi connectivity index (χ1v) is 6.48. The van der Waals surface area contributed by atoms with E-state index in [-0.39, 0.29) is 5.54 Å². The van der Waals surface area contributed by atoms with Crippen molar-refractivity contribution < 1.29 is 5.11 Å². The molecule has 1 saturated heterocycles. The van der Waals surface area contributed by atoms with Crippen molar-refractivity contribution in [2.45, 2.75) is 30.8 Å². The van der Waals surface area contributed by atoms with E-state index in [9.17, 15) is 5.11 Å². The lowest BCUT2D eigenvalue weighted by Gasteiger charge is -2.43. The minimum absolute atomic E-state index is 0.194. The highest BCUT2D eigenvalue weighted by Crippen LogP contribution is 2.51. The van der Waals surface area contributed by atoms with Crippen LogP contribution in [0.3, 0.4) is 0 Å². The molecule has 17 heavy (non-hydrogen) atoms. The van der Waals surface area contributed by atoms with Crippen LogP contribution < -0.4 is 5.32 Å². The summed E-state index contributed by atoms with van der Waals surface area (Å²) in [6, 6.07) is 8.12. The van der Waals surface area contributed by atoms with Gasteiger partial charge in [-0.25, -0.2) is 0 Å². The Balaban J connectivity index is 1.96. The van der Waals surface area contributed by atoms with Gasteiger partial charge >= 0.3 is 0 Å². The number of likely N-dealkylation sites (N-methyl/N-ethyl adjacent to an activating group) is 1. The summed E-state index contributed by atoms with van der Waals surface area (Å²) in [6.45, 7) is 2.31. The first kappa shape index (κ1) is 11.1. The van der Waals surface area contributed by atoms with E-state index in [4.69, 9.17) is 0 Å². The SMILES string of the molecule is CNC1(C(c2ccccc2O)N2CCC2)CC1. The van der Waals surface area contributed by atoms with Gasteiger partial charge in [0.15, 0.2) is 0 Å². The van der Waals surface area contributed by atoms with Gasteiger partial charge in [-0.2, -0.15) is 0 Å². The number of phenolic OH excluding ortho intramolecular Hbond substituents is 1. The average Bonchev–Trinajstić information content (AvgIpc) is 3.05. The van der Waals surface area contributed by atoms with Crippen LogP contribution in [0.15, 0.2) is 24.3 Å². The monoisotopic (exact) mass is 232 g/mol. The third-order valence-corrected chi connectivity index (χ3v) is 4.30. The molecule has 0 aromatic heterocycles. The van der Waals surface area contributed by atoms with Crippen LogP contribution in [0.4, 0.5) is 0 Å². The van der Waals surface area contributed by atoms with Crippen LogP contribution >= 0.6 is 0 Å². The normalized spacial score (nSPS) is 24.1. The topological polar surface area (TPSA) is 35.5 Å². The molecular formula is C14H20N2O. The van der Waals surface area contributed by atoms with E-state index in [1.807, 2.05) is 19.2 Å². The maximum absolute atomic E-state index is 10.1. The molecule has 1 aliphatic carbocycles. The van der Waals surface area contributed by atoms with E-state index in [1.54, 1.807) is 6.07 Å². The second-order valence-electron chi connectivity index (χ2n) is 5.26. The molecule has 3 rings (SSSR count). The van der Waals surface area contributed by atoms with Crippen molar-refractivity contribution in [3.8, 4) is 5.75 Å². The van der Waals surface area contributed by atoms with Gasteiger partial charge in [0.2, 0.25) is 0 Å². The summed E-state index contributed by atoms with van der Waals surface area (Å²) < 4.78 is 0. The number of rotatable bonds is 4. The number of likely N-dealkylation sites (tertiary alicyclic amines) is 1. The summed E-state index contributed by atoms with van der Waals surface area (Å²) in [5.74, 6) is 0.436. The lowest BCUT2D eigenvalue weighted by Crippen LogP contribution is -2.50. The molecule has 0 bridgehead atoms. The highest BCUT2D eigenvalue weighted by Gasteiger charge is 2.52. The van der Waals surface area contributed by atoms with Crippen LogP contribution in [0.5, 0.6) is 5.75 Å². The van der Waals surface area contributed by atoms with Gasteiger partial charge in [-0.15, -0.1) is 0 Å². The maximum atomic E-state index is 10.1. The van der Waals surface area contributed by atoms with E-state index < -0.39 is 0 Å². The molecule has 1 aromatic carbocycles. The summed E-state index contributed by atoms with van der Waals surface area (Å²) in [4.78, 5) is 2.48. The lowest BCUT2D eigenvalue weighted by atomic mass is 9.92. The first-order chi connectivity index (χ1) is 8.27. The van der Waals surface area contributed by atoms with Crippen molar-refractivity contribution in [1.29, 1.82) is 0 Å². The van der Waals surface area contributed by atoms with E-state index >= 15 is 0 Å². The molecule has 92 valence electrons. The smallest absolute Gasteiger partial charge is 0.120 e. The Bertz CT molecular complexity index is 410. The first-order valence-electron chi connectivity index (χ1n) is 6.48. The highest BCUT2D eigenvalue weighted by atomic mass is 16.3. The molecule has 0 spiro atoms. The fraction of sp³-hybridized carbons (Fsp3) is 0.571. The molecule has 1 saturated carbocycles. The van der Waals surface area contributed by atoms with Crippen molar-refractivity contribution in [1.82, 2.24) is 10.2 Å². The van der Waals surface area contributed by atoms with Crippen LogP contribution in [-0.2, 0) is 0 Å². The predicted molar refractivity (Wildman–Crippen MR) is 68.1 cm³/mol. The van der Waals surface area contributed by atoms with Crippen molar-refractivity contribution in [2.24, 2.45) is 0 Å². The number of nitrogens with one attached hydrogen (secondary N) is 1. The summed E-state index contributed by atoms with van der Waals surface area (Å²) in [6.07, 6.45) is 3.70. The van der Waals surface area contributed by atoms with Crippen molar-refractivity contribution >= 4 is 0 Å². The van der Waals surface area contributed by atoms with Crippen LogP contribution in [-0.4, -0.2) is 35.7 Å². The molecule has 3 heteroatoms. The van der Waals surface area contributed by atoms with Crippen LogP contribution in [0.2, 0.25) is 0 Å². The van der Waals surface area contributed by atoms with Gasteiger partial charge in [-0.05, 0) is 32.4 Å². The summed E-state index contributed by atoms with van der Waals surface area (Å²) in [5, 5.41) is 13.6. The number of phenols is 1. The Morgan fingerprint density at radius 1 is 1.29 bits per heavy atom. The maximum Gasteiger partial charge on any atom is 0.120 e. The summed E-state index contributed by atoms with van der Waals surface area (Å²) >= 11 is 0.